The second-order valence-corrected chi connectivity index (χ2v) is 8.13. The van der Waals surface area contributed by atoms with E-state index in [2.05, 4.69) is 15.0 Å². The Morgan fingerprint density at radius 1 is 1.13 bits per heavy atom. The van der Waals surface area contributed by atoms with Crippen molar-refractivity contribution >= 4 is 33.4 Å². The van der Waals surface area contributed by atoms with Crippen LogP contribution in [0.3, 0.4) is 0 Å². The SMILES string of the molecule is COc1ccc(NC(=O)COC(=O)[C@H](C)N=C2NS(=O)(=O)c3ccccc32)c(OC)c1. The molecule has 0 radical (unpaired) electrons. The van der Waals surface area contributed by atoms with Gasteiger partial charge in [-0.15, -0.1) is 0 Å². The zero-order chi connectivity index (χ0) is 22.6. The Hall–Kier alpha value is -3.60. The van der Waals surface area contributed by atoms with Crippen molar-refractivity contribution in [3.63, 3.8) is 0 Å². The molecule has 2 aromatic carbocycles. The minimum Gasteiger partial charge on any atom is -0.497 e. The Kier molecular flexibility index (Phi) is 6.44. The highest BCUT2D eigenvalue weighted by molar-refractivity contribution is 7.90. The molecule has 0 fully saturated rings. The van der Waals surface area contributed by atoms with Gasteiger partial charge in [0.05, 0.1) is 24.8 Å². The maximum Gasteiger partial charge on any atom is 0.331 e. The minimum absolute atomic E-state index is 0.0486. The molecule has 1 amide bonds. The average Bonchev–Trinajstić information content (AvgIpc) is 3.02. The number of sulfonamides is 1. The van der Waals surface area contributed by atoms with Crippen molar-refractivity contribution < 1.29 is 32.2 Å². The maximum atomic E-state index is 12.2. The van der Waals surface area contributed by atoms with Crippen LogP contribution in [-0.2, 0) is 24.3 Å². The number of hydrogen-bond donors (Lipinski definition) is 2. The van der Waals surface area contributed by atoms with Gasteiger partial charge in [0.2, 0.25) is 0 Å². The Labute approximate surface area is 179 Å². The summed E-state index contributed by atoms with van der Waals surface area (Å²) >= 11 is 0. The number of anilines is 1. The van der Waals surface area contributed by atoms with Crippen molar-refractivity contribution in [2.45, 2.75) is 17.9 Å². The van der Waals surface area contributed by atoms with Gasteiger partial charge in [0.15, 0.2) is 6.61 Å². The first-order chi connectivity index (χ1) is 14.7. The fourth-order valence-corrected chi connectivity index (χ4v) is 4.06. The monoisotopic (exact) mass is 447 g/mol. The molecule has 0 aromatic heterocycles. The zero-order valence-corrected chi connectivity index (χ0v) is 17.9. The molecular formula is C20H21N3O7S. The molecule has 0 unspecified atom stereocenters. The molecule has 0 saturated carbocycles. The number of fused-ring (bicyclic) bond motifs is 1. The molecule has 0 aliphatic carbocycles. The largest absolute Gasteiger partial charge is 0.497 e. The summed E-state index contributed by atoms with van der Waals surface area (Å²) in [5, 5.41) is 2.58. The Morgan fingerprint density at radius 2 is 1.87 bits per heavy atom. The number of carbonyl (C=O) groups excluding carboxylic acids is 2. The van der Waals surface area contributed by atoms with Gasteiger partial charge in [0.1, 0.15) is 23.4 Å². The highest BCUT2D eigenvalue weighted by Crippen LogP contribution is 2.29. The molecule has 10 nitrogen and oxygen atoms in total. The van der Waals surface area contributed by atoms with Crippen molar-refractivity contribution in [1.82, 2.24) is 4.72 Å². The molecule has 11 heteroatoms. The first kappa shape index (κ1) is 22.1. The molecule has 0 spiro atoms. The van der Waals surface area contributed by atoms with Crippen molar-refractivity contribution in [2.75, 3.05) is 26.1 Å². The van der Waals surface area contributed by atoms with Crippen LogP contribution in [0.4, 0.5) is 5.69 Å². The van der Waals surface area contributed by atoms with E-state index in [0.717, 1.165) is 0 Å². The molecule has 1 aliphatic heterocycles. The minimum atomic E-state index is -3.72. The van der Waals surface area contributed by atoms with E-state index in [0.29, 0.717) is 22.7 Å². The van der Waals surface area contributed by atoms with E-state index in [4.69, 9.17) is 14.2 Å². The van der Waals surface area contributed by atoms with E-state index in [9.17, 15) is 18.0 Å². The molecule has 164 valence electrons. The van der Waals surface area contributed by atoms with Crippen LogP contribution >= 0.6 is 0 Å². The standard InChI is InChI=1S/C20H21N3O7S/c1-12(21-19-14-6-4-5-7-17(14)31(26,27)23-19)20(25)30-11-18(24)22-15-9-8-13(28-2)10-16(15)29-3/h4-10,12H,11H2,1-3H3,(H,21,23)(H,22,24)/t12-/m0/s1. The van der Waals surface area contributed by atoms with Crippen molar-refractivity contribution in [3.05, 3.63) is 48.0 Å². The van der Waals surface area contributed by atoms with Crippen molar-refractivity contribution in [1.29, 1.82) is 0 Å². The van der Waals surface area contributed by atoms with E-state index in [-0.39, 0.29) is 10.7 Å². The van der Waals surface area contributed by atoms with Crippen molar-refractivity contribution in [3.8, 4) is 11.5 Å². The van der Waals surface area contributed by atoms with Crippen LogP contribution in [0.2, 0.25) is 0 Å². The maximum absolute atomic E-state index is 12.2. The lowest BCUT2D eigenvalue weighted by Gasteiger charge is -2.12. The van der Waals surface area contributed by atoms with Gasteiger partial charge >= 0.3 is 5.97 Å². The predicted octanol–water partition coefficient (Wildman–Crippen LogP) is 1.31. The Balaban J connectivity index is 1.61. The molecule has 2 aromatic rings. The smallest absolute Gasteiger partial charge is 0.331 e. The van der Waals surface area contributed by atoms with E-state index in [1.54, 1.807) is 36.4 Å². The van der Waals surface area contributed by atoms with Gasteiger partial charge in [-0.25, -0.2) is 13.2 Å². The number of amidine groups is 1. The number of amides is 1. The summed E-state index contributed by atoms with van der Waals surface area (Å²) in [5.74, 6) is -0.381. The van der Waals surface area contributed by atoms with E-state index >= 15 is 0 Å². The molecular weight excluding hydrogens is 426 g/mol. The molecule has 1 aliphatic rings. The van der Waals surface area contributed by atoms with E-state index in [1.807, 2.05) is 0 Å². The lowest BCUT2D eigenvalue weighted by atomic mass is 10.2. The average molecular weight is 447 g/mol. The molecule has 1 atom stereocenters. The topological polar surface area (TPSA) is 132 Å². The summed E-state index contributed by atoms with van der Waals surface area (Å²) in [6.45, 7) is 0.889. The summed E-state index contributed by atoms with van der Waals surface area (Å²) in [6, 6.07) is 10.1. The van der Waals surface area contributed by atoms with E-state index < -0.39 is 34.5 Å². The van der Waals surface area contributed by atoms with Crippen molar-refractivity contribution in [2.24, 2.45) is 4.99 Å². The molecule has 0 bridgehead atoms. The fraction of sp³-hybridized carbons (Fsp3) is 0.250. The number of nitrogens with zero attached hydrogens (tertiary/aromatic N) is 1. The molecule has 1 heterocycles. The Bertz CT molecular complexity index is 1150. The normalized spacial score (nSPS) is 16.0. The lowest BCUT2D eigenvalue weighted by molar-refractivity contribution is -0.148. The number of methoxy groups -OCH3 is 2. The first-order valence-corrected chi connectivity index (χ1v) is 10.6. The highest BCUT2D eigenvalue weighted by atomic mass is 32.2. The third-order valence-electron chi connectivity index (χ3n) is 4.35. The summed E-state index contributed by atoms with van der Waals surface area (Å²) in [5.41, 5.74) is 0.751. The predicted molar refractivity (Wildman–Crippen MR) is 112 cm³/mol. The number of rotatable bonds is 7. The highest BCUT2D eigenvalue weighted by Gasteiger charge is 2.31. The van der Waals surface area contributed by atoms with Crippen LogP contribution in [0.25, 0.3) is 0 Å². The summed E-state index contributed by atoms with van der Waals surface area (Å²) in [4.78, 5) is 28.6. The van der Waals surface area contributed by atoms with Gasteiger partial charge in [-0.2, -0.15) is 0 Å². The second-order valence-electron chi connectivity index (χ2n) is 6.48. The third-order valence-corrected chi connectivity index (χ3v) is 5.75. The quantitative estimate of drug-likeness (QED) is 0.612. The molecule has 0 saturated heterocycles. The number of carbonyl (C=O) groups is 2. The number of nitrogens with one attached hydrogen (secondary N) is 2. The van der Waals surface area contributed by atoms with Gasteiger partial charge in [-0.3, -0.25) is 14.5 Å². The summed E-state index contributed by atoms with van der Waals surface area (Å²) < 4.78 is 41.8. The van der Waals surface area contributed by atoms with E-state index in [1.165, 1.54) is 27.2 Å². The Morgan fingerprint density at radius 3 is 2.58 bits per heavy atom. The van der Waals surface area contributed by atoms with Crippen LogP contribution in [-0.4, -0.2) is 53.0 Å². The molecule has 2 N–H and O–H groups in total. The van der Waals surface area contributed by atoms with Gasteiger partial charge < -0.3 is 19.5 Å². The number of hydrogen-bond acceptors (Lipinski definition) is 8. The van der Waals surface area contributed by atoms with Gasteiger partial charge in [-0.1, -0.05) is 12.1 Å². The van der Waals surface area contributed by atoms with Gasteiger partial charge in [0, 0.05) is 11.6 Å². The summed E-state index contributed by atoms with van der Waals surface area (Å²) in [7, 11) is -0.765. The molecule has 31 heavy (non-hydrogen) atoms. The number of esters is 1. The zero-order valence-electron chi connectivity index (χ0n) is 17.0. The number of aliphatic imine (C=N–C) groups is 1. The van der Waals surface area contributed by atoms with Crippen LogP contribution in [0, 0.1) is 0 Å². The van der Waals surface area contributed by atoms with Crippen LogP contribution in [0.1, 0.15) is 12.5 Å². The number of benzene rings is 2. The first-order valence-electron chi connectivity index (χ1n) is 9.13. The lowest BCUT2D eigenvalue weighted by Crippen LogP contribution is -2.28. The van der Waals surface area contributed by atoms with Gasteiger partial charge in [-0.05, 0) is 31.2 Å². The molecule has 3 rings (SSSR count). The number of ether oxygens (including phenoxy) is 3. The van der Waals surface area contributed by atoms with Crippen LogP contribution in [0.5, 0.6) is 11.5 Å². The van der Waals surface area contributed by atoms with Gasteiger partial charge in [0.25, 0.3) is 15.9 Å². The van der Waals surface area contributed by atoms with Crippen LogP contribution in [0.15, 0.2) is 52.4 Å². The summed E-state index contributed by atoms with van der Waals surface area (Å²) in [6.07, 6.45) is 0. The third kappa shape index (κ3) is 4.94. The second kappa shape index (κ2) is 9.04. The fourth-order valence-electron chi connectivity index (χ4n) is 2.82. The van der Waals surface area contributed by atoms with Crippen LogP contribution < -0.4 is 19.5 Å².